The summed E-state index contributed by atoms with van der Waals surface area (Å²) in [4.78, 5) is 0. The lowest BCUT2D eigenvalue weighted by Crippen LogP contribution is -2.37. The summed E-state index contributed by atoms with van der Waals surface area (Å²) in [7, 11) is 0. The Labute approximate surface area is 119 Å². The SMILES string of the molecule is CC1CCC(C(C)C)C(OCCNC2CCCC2)C1. The molecule has 0 bridgehead atoms. The van der Waals surface area contributed by atoms with Crippen molar-refractivity contribution >= 4 is 0 Å². The lowest BCUT2D eigenvalue weighted by Gasteiger charge is -2.37. The molecule has 0 radical (unpaired) electrons. The quantitative estimate of drug-likeness (QED) is 0.735. The highest BCUT2D eigenvalue weighted by Gasteiger charge is 2.31. The summed E-state index contributed by atoms with van der Waals surface area (Å²) in [5, 5.41) is 3.65. The van der Waals surface area contributed by atoms with Crippen molar-refractivity contribution < 1.29 is 4.74 Å². The second kappa shape index (κ2) is 7.64. The molecule has 1 N–H and O–H groups in total. The lowest BCUT2D eigenvalue weighted by atomic mass is 9.75. The molecule has 0 heterocycles. The first-order chi connectivity index (χ1) is 9.16. The van der Waals surface area contributed by atoms with E-state index in [0.29, 0.717) is 6.10 Å². The van der Waals surface area contributed by atoms with Crippen LogP contribution in [-0.2, 0) is 4.74 Å². The van der Waals surface area contributed by atoms with Gasteiger partial charge in [0.2, 0.25) is 0 Å². The predicted octanol–water partition coefficient (Wildman–Crippen LogP) is 4.00. The fourth-order valence-corrected chi connectivity index (χ4v) is 3.91. The zero-order chi connectivity index (χ0) is 13.7. The van der Waals surface area contributed by atoms with E-state index in [1.165, 1.54) is 44.9 Å². The van der Waals surface area contributed by atoms with Crippen LogP contribution in [-0.4, -0.2) is 25.3 Å². The highest BCUT2D eigenvalue weighted by molar-refractivity contribution is 4.81. The molecule has 0 aromatic carbocycles. The molecule has 3 unspecified atom stereocenters. The van der Waals surface area contributed by atoms with E-state index < -0.39 is 0 Å². The Morgan fingerprint density at radius 1 is 1.11 bits per heavy atom. The number of hydrogen-bond acceptors (Lipinski definition) is 2. The summed E-state index contributed by atoms with van der Waals surface area (Å²) >= 11 is 0. The molecule has 2 aliphatic rings. The number of hydrogen-bond donors (Lipinski definition) is 1. The molecule has 0 aliphatic heterocycles. The van der Waals surface area contributed by atoms with Crippen LogP contribution in [0.15, 0.2) is 0 Å². The van der Waals surface area contributed by atoms with E-state index in [-0.39, 0.29) is 0 Å². The molecule has 2 aliphatic carbocycles. The molecule has 2 fully saturated rings. The highest BCUT2D eigenvalue weighted by Crippen LogP contribution is 2.35. The number of rotatable bonds is 6. The Morgan fingerprint density at radius 3 is 2.53 bits per heavy atom. The fourth-order valence-electron chi connectivity index (χ4n) is 3.91. The van der Waals surface area contributed by atoms with E-state index >= 15 is 0 Å². The van der Waals surface area contributed by atoms with Gasteiger partial charge in [-0.2, -0.15) is 0 Å². The van der Waals surface area contributed by atoms with Gasteiger partial charge in [-0.1, -0.05) is 40.0 Å². The molecule has 0 aromatic rings. The lowest BCUT2D eigenvalue weighted by molar-refractivity contribution is -0.0371. The van der Waals surface area contributed by atoms with Gasteiger partial charge in [-0.25, -0.2) is 0 Å². The maximum absolute atomic E-state index is 6.22. The monoisotopic (exact) mass is 267 g/mol. The van der Waals surface area contributed by atoms with Crippen molar-refractivity contribution in [3.05, 3.63) is 0 Å². The average Bonchev–Trinajstić information content (AvgIpc) is 2.87. The molecule has 112 valence electrons. The van der Waals surface area contributed by atoms with Gasteiger partial charge in [-0.15, -0.1) is 0 Å². The van der Waals surface area contributed by atoms with Crippen molar-refractivity contribution in [3.63, 3.8) is 0 Å². The third kappa shape index (κ3) is 4.75. The van der Waals surface area contributed by atoms with Crippen LogP contribution in [0, 0.1) is 17.8 Å². The molecular formula is C17H33NO. The predicted molar refractivity (Wildman–Crippen MR) is 81.3 cm³/mol. The Hall–Kier alpha value is -0.0800. The minimum atomic E-state index is 0.508. The zero-order valence-corrected chi connectivity index (χ0v) is 13.2. The van der Waals surface area contributed by atoms with Crippen molar-refractivity contribution in [2.24, 2.45) is 17.8 Å². The molecule has 19 heavy (non-hydrogen) atoms. The molecule has 2 nitrogen and oxygen atoms in total. The minimum absolute atomic E-state index is 0.508. The first kappa shape index (κ1) is 15.3. The third-order valence-electron chi connectivity index (χ3n) is 5.18. The van der Waals surface area contributed by atoms with Crippen molar-refractivity contribution in [1.29, 1.82) is 0 Å². The van der Waals surface area contributed by atoms with E-state index in [4.69, 9.17) is 4.74 Å². The Kier molecular flexibility index (Phi) is 6.15. The van der Waals surface area contributed by atoms with Crippen molar-refractivity contribution in [2.75, 3.05) is 13.2 Å². The fraction of sp³-hybridized carbons (Fsp3) is 1.00. The number of ether oxygens (including phenoxy) is 1. The van der Waals surface area contributed by atoms with Gasteiger partial charge < -0.3 is 10.1 Å². The van der Waals surface area contributed by atoms with Crippen LogP contribution in [0.25, 0.3) is 0 Å². The van der Waals surface area contributed by atoms with Crippen LogP contribution in [0.1, 0.15) is 65.7 Å². The first-order valence-electron chi connectivity index (χ1n) is 8.51. The van der Waals surface area contributed by atoms with Gasteiger partial charge in [0.25, 0.3) is 0 Å². The van der Waals surface area contributed by atoms with Gasteiger partial charge in [0.15, 0.2) is 0 Å². The van der Waals surface area contributed by atoms with E-state index in [2.05, 4.69) is 26.1 Å². The second-order valence-electron chi connectivity index (χ2n) is 7.17. The van der Waals surface area contributed by atoms with Crippen molar-refractivity contribution in [1.82, 2.24) is 5.32 Å². The van der Waals surface area contributed by atoms with Gasteiger partial charge in [0, 0.05) is 12.6 Å². The summed E-state index contributed by atoms with van der Waals surface area (Å²) in [5.41, 5.74) is 0. The maximum atomic E-state index is 6.22. The van der Waals surface area contributed by atoms with E-state index in [1.807, 2.05) is 0 Å². The smallest absolute Gasteiger partial charge is 0.0608 e. The summed E-state index contributed by atoms with van der Waals surface area (Å²) in [6.45, 7) is 9.03. The van der Waals surface area contributed by atoms with Crippen molar-refractivity contribution in [3.8, 4) is 0 Å². The third-order valence-corrected chi connectivity index (χ3v) is 5.18. The molecular weight excluding hydrogens is 234 g/mol. The average molecular weight is 267 g/mol. The molecule has 0 saturated heterocycles. The minimum Gasteiger partial charge on any atom is -0.377 e. The van der Waals surface area contributed by atoms with Gasteiger partial charge >= 0.3 is 0 Å². The topological polar surface area (TPSA) is 21.3 Å². The van der Waals surface area contributed by atoms with Gasteiger partial charge in [0.05, 0.1) is 12.7 Å². The highest BCUT2D eigenvalue weighted by atomic mass is 16.5. The molecule has 3 atom stereocenters. The standard InChI is InChI=1S/C17H33NO/c1-13(2)16-9-8-14(3)12-17(16)19-11-10-18-15-6-4-5-7-15/h13-18H,4-12H2,1-3H3. The van der Waals surface area contributed by atoms with E-state index in [9.17, 15) is 0 Å². The molecule has 2 saturated carbocycles. The number of nitrogens with one attached hydrogen (secondary N) is 1. The largest absolute Gasteiger partial charge is 0.377 e. The Balaban J connectivity index is 1.66. The van der Waals surface area contributed by atoms with Crippen LogP contribution in [0.4, 0.5) is 0 Å². The molecule has 0 spiro atoms. The Morgan fingerprint density at radius 2 is 1.84 bits per heavy atom. The van der Waals surface area contributed by atoms with Crippen LogP contribution < -0.4 is 5.32 Å². The summed E-state index contributed by atoms with van der Waals surface area (Å²) in [5.74, 6) is 2.39. The van der Waals surface area contributed by atoms with Crippen LogP contribution in [0.2, 0.25) is 0 Å². The van der Waals surface area contributed by atoms with Crippen LogP contribution in [0.3, 0.4) is 0 Å². The van der Waals surface area contributed by atoms with Crippen LogP contribution >= 0.6 is 0 Å². The van der Waals surface area contributed by atoms with Crippen molar-refractivity contribution in [2.45, 2.75) is 77.9 Å². The van der Waals surface area contributed by atoms with E-state index in [1.54, 1.807) is 0 Å². The summed E-state index contributed by atoms with van der Waals surface area (Å²) < 4.78 is 6.22. The molecule has 2 rings (SSSR count). The normalized spacial score (nSPS) is 33.2. The molecule has 0 amide bonds. The maximum Gasteiger partial charge on any atom is 0.0608 e. The van der Waals surface area contributed by atoms with Gasteiger partial charge in [-0.3, -0.25) is 0 Å². The molecule has 2 heteroatoms. The van der Waals surface area contributed by atoms with Gasteiger partial charge in [0.1, 0.15) is 0 Å². The Bertz CT molecular complexity index is 248. The first-order valence-corrected chi connectivity index (χ1v) is 8.51. The summed E-state index contributed by atoms with van der Waals surface area (Å²) in [6.07, 6.45) is 10.1. The molecule has 0 aromatic heterocycles. The second-order valence-corrected chi connectivity index (χ2v) is 7.17. The van der Waals surface area contributed by atoms with Crippen LogP contribution in [0.5, 0.6) is 0 Å². The zero-order valence-electron chi connectivity index (χ0n) is 13.2. The summed E-state index contributed by atoms with van der Waals surface area (Å²) in [6, 6.07) is 0.773. The van der Waals surface area contributed by atoms with E-state index in [0.717, 1.165) is 36.9 Å². The van der Waals surface area contributed by atoms with Gasteiger partial charge in [-0.05, 0) is 43.4 Å².